The van der Waals surface area contributed by atoms with E-state index >= 15 is 0 Å². The molecule has 0 heterocycles. The molecule has 0 aliphatic rings. The van der Waals surface area contributed by atoms with Gasteiger partial charge in [0.25, 0.3) is 0 Å². The van der Waals surface area contributed by atoms with Crippen LogP contribution in [0, 0.1) is 0 Å². The minimum atomic E-state index is -4.83. The van der Waals surface area contributed by atoms with Crippen LogP contribution in [0.5, 0.6) is 11.5 Å². The van der Waals surface area contributed by atoms with Crippen molar-refractivity contribution in [1.29, 1.82) is 0 Å². The Morgan fingerprint density at radius 1 is 1.00 bits per heavy atom. The smallest absolute Gasteiger partial charge is 0.493 e. The van der Waals surface area contributed by atoms with Gasteiger partial charge in [0, 0.05) is 39.6 Å². The van der Waals surface area contributed by atoms with Gasteiger partial charge in [-0.25, -0.2) is 0 Å². The third-order valence-corrected chi connectivity index (χ3v) is 6.07. The van der Waals surface area contributed by atoms with Crippen LogP contribution in [-0.2, 0) is 61.3 Å². The second-order valence-electron chi connectivity index (χ2n) is 9.54. The molecule has 227 valence electrons. The summed E-state index contributed by atoms with van der Waals surface area (Å²) in [5.74, 6) is -1.38. The summed E-state index contributed by atoms with van der Waals surface area (Å²) in [5.41, 5.74) is 0.726. The standard InChI is InChI=1S/C27H33F6NO6.Y/c1-18(35)10-12-25(34-37,17-39-19(2)36)13-11-21-8-9-24(23(16-21)26(28,29)30)38-14-4-6-20-5-3-7-22(15-20)40-27(31,32)33;/h3,5,7-9,15-16,18,34-35,37H,4,6,10-14,17H2,1-2H3;. The van der Waals surface area contributed by atoms with Crippen LogP contribution in [0.15, 0.2) is 42.5 Å². The summed E-state index contributed by atoms with van der Waals surface area (Å²) in [6.45, 7) is 2.36. The predicted molar refractivity (Wildman–Crippen MR) is 132 cm³/mol. The Hall–Kier alpha value is -1.93. The normalized spacial score (nSPS) is 14.0. The topological polar surface area (TPSA) is 97.3 Å². The maximum absolute atomic E-state index is 13.8. The number of aliphatic hydroxyl groups excluding tert-OH is 1. The molecule has 1 radical (unpaired) electrons. The molecule has 14 heteroatoms. The van der Waals surface area contributed by atoms with Crippen LogP contribution < -0.4 is 15.0 Å². The van der Waals surface area contributed by atoms with Crippen LogP contribution in [0.1, 0.15) is 56.2 Å². The summed E-state index contributed by atoms with van der Waals surface area (Å²) in [4.78, 5) is 11.3. The molecule has 2 atom stereocenters. The van der Waals surface area contributed by atoms with Gasteiger partial charge in [-0.15, -0.1) is 13.2 Å². The Labute approximate surface area is 259 Å². The minimum absolute atomic E-state index is 0. The van der Waals surface area contributed by atoms with Crippen LogP contribution in [0.3, 0.4) is 0 Å². The van der Waals surface area contributed by atoms with Crippen LogP contribution in [-0.4, -0.2) is 47.5 Å². The van der Waals surface area contributed by atoms with Gasteiger partial charge in [-0.2, -0.15) is 18.7 Å². The summed E-state index contributed by atoms with van der Waals surface area (Å²) in [7, 11) is 0. The predicted octanol–water partition coefficient (Wildman–Crippen LogP) is 5.99. The first kappa shape index (κ1) is 37.1. The van der Waals surface area contributed by atoms with Gasteiger partial charge >= 0.3 is 18.5 Å². The van der Waals surface area contributed by atoms with Crippen LogP contribution in [0.4, 0.5) is 26.3 Å². The van der Waals surface area contributed by atoms with E-state index in [9.17, 15) is 41.5 Å². The summed E-state index contributed by atoms with van der Waals surface area (Å²) in [6, 6.07) is 8.88. The van der Waals surface area contributed by atoms with Gasteiger partial charge in [0.2, 0.25) is 0 Å². The number of aliphatic hydroxyl groups is 1. The van der Waals surface area contributed by atoms with Crippen molar-refractivity contribution in [1.82, 2.24) is 5.48 Å². The summed E-state index contributed by atoms with van der Waals surface area (Å²) >= 11 is 0. The third kappa shape index (κ3) is 13.7. The monoisotopic (exact) mass is 670 g/mol. The van der Waals surface area contributed by atoms with Crippen molar-refractivity contribution in [3.05, 3.63) is 59.2 Å². The van der Waals surface area contributed by atoms with E-state index in [1.165, 1.54) is 31.2 Å². The molecule has 0 amide bonds. The van der Waals surface area contributed by atoms with Crippen molar-refractivity contribution in [2.45, 2.75) is 76.6 Å². The van der Waals surface area contributed by atoms with Crippen molar-refractivity contribution >= 4 is 5.97 Å². The number of nitrogens with one attached hydrogen (secondary N) is 1. The largest absolute Gasteiger partial charge is 0.573 e. The number of hydroxylamine groups is 1. The minimum Gasteiger partial charge on any atom is -0.493 e. The molecule has 0 saturated heterocycles. The second kappa shape index (κ2) is 16.6. The Morgan fingerprint density at radius 2 is 1.68 bits per heavy atom. The number of rotatable bonds is 15. The zero-order valence-electron chi connectivity index (χ0n) is 22.6. The van der Waals surface area contributed by atoms with E-state index in [4.69, 9.17) is 9.47 Å². The fraction of sp³-hybridized carbons (Fsp3) is 0.519. The number of esters is 1. The molecule has 0 aliphatic heterocycles. The van der Waals surface area contributed by atoms with Gasteiger partial charge < -0.3 is 24.5 Å². The molecule has 0 spiro atoms. The number of hydrogen-bond acceptors (Lipinski definition) is 7. The number of hydrogen-bond donors (Lipinski definition) is 3. The molecule has 7 nitrogen and oxygen atoms in total. The van der Waals surface area contributed by atoms with Gasteiger partial charge in [-0.3, -0.25) is 4.79 Å². The van der Waals surface area contributed by atoms with Crippen LogP contribution in [0.2, 0.25) is 0 Å². The van der Waals surface area contributed by atoms with Crippen molar-refractivity contribution < 1.29 is 88.4 Å². The van der Waals surface area contributed by atoms with Crippen LogP contribution in [0.25, 0.3) is 0 Å². The fourth-order valence-electron chi connectivity index (χ4n) is 3.96. The molecule has 3 N–H and O–H groups in total. The number of benzene rings is 2. The van der Waals surface area contributed by atoms with Gasteiger partial charge in [0.15, 0.2) is 0 Å². The number of aryl methyl sites for hydroxylation is 2. The number of alkyl halides is 6. The molecule has 2 rings (SSSR count). The fourth-order valence-corrected chi connectivity index (χ4v) is 3.96. The number of ether oxygens (including phenoxy) is 3. The first-order chi connectivity index (χ1) is 18.6. The SMILES string of the molecule is CC(=O)OCC(CCc1ccc(OCCCc2cccc(OC(F)(F)F)c2)c(C(F)(F)F)c1)(CCC(C)O)NO.[Y]. The van der Waals surface area contributed by atoms with Crippen molar-refractivity contribution in [3.8, 4) is 11.5 Å². The van der Waals surface area contributed by atoms with Crippen molar-refractivity contribution in [2.24, 2.45) is 0 Å². The zero-order valence-corrected chi connectivity index (χ0v) is 25.5. The summed E-state index contributed by atoms with van der Waals surface area (Å²) in [5, 5.41) is 19.4. The molecule has 0 saturated carbocycles. The number of halogens is 6. The molecule has 2 aromatic carbocycles. The Balaban J connectivity index is 0.00000840. The third-order valence-electron chi connectivity index (χ3n) is 6.07. The Bertz CT molecular complexity index is 1100. The first-order valence-corrected chi connectivity index (χ1v) is 12.5. The maximum Gasteiger partial charge on any atom is 0.573 e. The van der Waals surface area contributed by atoms with Gasteiger partial charge in [-0.05, 0) is 80.8 Å². The molecular formula is C27H33F6NO6Y. The van der Waals surface area contributed by atoms with E-state index in [1.807, 2.05) is 0 Å². The van der Waals surface area contributed by atoms with Crippen LogP contribution >= 0.6 is 0 Å². The number of carbonyl (C=O) groups is 1. The van der Waals surface area contributed by atoms with E-state index in [0.717, 1.165) is 12.1 Å². The Kier molecular flexibility index (Phi) is 15.1. The molecule has 41 heavy (non-hydrogen) atoms. The van der Waals surface area contributed by atoms with E-state index in [2.05, 4.69) is 10.2 Å². The molecule has 2 unspecified atom stereocenters. The maximum atomic E-state index is 13.8. The van der Waals surface area contributed by atoms with E-state index in [1.54, 1.807) is 13.0 Å². The van der Waals surface area contributed by atoms with E-state index in [-0.39, 0.29) is 90.2 Å². The molecule has 2 aromatic rings. The molecule has 0 aromatic heterocycles. The molecular weight excluding hydrogens is 637 g/mol. The van der Waals surface area contributed by atoms with Gasteiger partial charge in [0.05, 0.1) is 23.8 Å². The average molecular weight is 670 g/mol. The quantitative estimate of drug-likeness (QED) is 0.0928. The zero-order chi connectivity index (χ0) is 30.0. The van der Waals surface area contributed by atoms with E-state index < -0.39 is 41.5 Å². The summed E-state index contributed by atoms with van der Waals surface area (Å²) < 4.78 is 93.0. The van der Waals surface area contributed by atoms with E-state index in [0.29, 0.717) is 11.1 Å². The van der Waals surface area contributed by atoms with Gasteiger partial charge in [0.1, 0.15) is 18.1 Å². The molecule has 0 aliphatic carbocycles. The second-order valence-corrected chi connectivity index (χ2v) is 9.54. The molecule has 0 fully saturated rings. The summed E-state index contributed by atoms with van der Waals surface area (Å²) in [6.07, 6.45) is -9.19. The first-order valence-electron chi connectivity index (χ1n) is 12.5. The average Bonchev–Trinajstić information content (AvgIpc) is 2.85. The van der Waals surface area contributed by atoms with Crippen molar-refractivity contribution in [3.63, 3.8) is 0 Å². The Morgan fingerprint density at radius 3 is 2.27 bits per heavy atom. The van der Waals surface area contributed by atoms with Gasteiger partial charge in [-0.1, -0.05) is 18.2 Å². The number of carbonyl (C=O) groups excluding carboxylic acids is 1. The molecule has 0 bridgehead atoms. The van der Waals surface area contributed by atoms with Crippen molar-refractivity contribution in [2.75, 3.05) is 13.2 Å².